The minimum Gasteiger partial charge on any atom is -0.316 e. The highest BCUT2D eigenvalue weighted by Gasteiger charge is 2.29. The Bertz CT molecular complexity index is 539. The van der Waals surface area contributed by atoms with Crippen molar-refractivity contribution in [2.24, 2.45) is 0 Å². The van der Waals surface area contributed by atoms with Crippen LogP contribution in [0.4, 0.5) is 0 Å². The van der Waals surface area contributed by atoms with Crippen LogP contribution in [0.25, 0.3) is 0 Å². The molecular weight excluding hydrogens is 290 g/mol. The lowest BCUT2D eigenvalue weighted by Gasteiger charge is -2.30. The molecule has 1 fully saturated rings. The van der Waals surface area contributed by atoms with Crippen molar-refractivity contribution >= 4 is 5.91 Å². The molecule has 1 aromatic heterocycles. The highest BCUT2D eigenvalue weighted by molar-refractivity contribution is 5.80. The van der Waals surface area contributed by atoms with E-state index in [4.69, 9.17) is 0 Å². The number of aromatic nitrogens is 3. The van der Waals surface area contributed by atoms with Gasteiger partial charge in [0.2, 0.25) is 5.91 Å². The monoisotopic (exact) mass is 317 g/mol. The van der Waals surface area contributed by atoms with Gasteiger partial charge in [0.15, 0.2) is 0 Å². The summed E-state index contributed by atoms with van der Waals surface area (Å²) in [5.74, 6) is 0.242. The van der Waals surface area contributed by atoms with Crippen LogP contribution < -0.4 is 0 Å². The van der Waals surface area contributed by atoms with Gasteiger partial charge in [-0.1, -0.05) is 6.08 Å². The van der Waals surface area contributed by atoms with E-state index in [9.17, 15) is 4.79 Å². The normalized spacial score (nSPS) is 22.1. The Kier molecular flexibility index (Phi) is 5.43. The zero-order chi connectivity index (χ0) is 16.1. The Balaban J connectivity index is 1.60. The van der Waals surface area contributed by atoms with E-state index in [0.717, 1.165) is 45.3 Å². The number of hydrogen-bond donors (Lipinski definition) is 0. The molecule has 2 aliphatic rings. The predicted molar refractivity (Wildman–Crippen MR) is 88.6 cm³/mol. The largest absolute Gasteiger partial charge is 0.316 e. The fourth-order valence-electron chi connectivity index (χ4n) is 3.72. The summed E-state index contributed by atoms with van der Waals surface area (Å²) in [7, 11) is 0. The molecule has 23 heavy (non-hydrogen) atoms. The number of hydrogen-bond acceptors (Lipinski definition) is 4. The van der Waals surface area contributed by atoms with Gasteiger partial charge in [-0.15, -0.1) is 0 Å². The maximum atomic E-state index is 12.8. The standard InChI is InChI=1S/C17H27N5O/c1-2-22(15-7-4-3-5-8-15)17(23)12-20-10-6-9-16(20)11-21-14-18-13-19-21/h7,13-14,16H,2-6,8-12H2,1H3/t16-/m0/s1. The second kappa shape index (κ2) is 7.73. The molecule has 1 aliphatic carbocycles. The molecule has 0 saturated carbocycles. The first kappa shape index (κ1) is 16.2. The molecule has 3 rings (SSSR count). The lowest BCUT2D eigenvalue weighted by molar-refractivity contribution is -0.130. The number of allylic oxidation sites excluding steroid dienone is 2. The van der Waals surface area contributed by atoms with Gasteiger partial charge in [0.05, 0.1) is 13.1 Å². The summed E-state index contributed by atoms with van der Waals surface area (Å²) in [4.78, 5) is 21.1. The average Bonchev–Trinajstić information content (AvgIpc) is 3.22. The van der Waals surface area contributed by atoms with Crippen LogP contribution >= 0.6 is 0 Å². The van der Waals surface area contributed by atoms with Crippen molar-refractivity contribution in [2.45, 2.75) is 58.0 Å². The Morgan fingerprint density at radius 2 is 2.30 bits per heavy atom. The Morgan fingerprint density at radius 1 is 1.39 bits per heavy atom. The van der Waals surface area contributed by atoms with Crippen LogP contribution in [0, 0.1) is 0 Å². The summed E-state index contributed by atoms with van der Waals surface area (Å²) in [6.45, 7) is 5.19. The second-order valence-electron chi connectivity index (χ2n) is 6.46. The molecule has 1 aliphatic heterocycles. The molecule has 1 aromatic rings. The molecule has 126 valence electrons. The minimum atomic E-state index is 0.242. The lowest BCUT2D eigenvalue weighted by Crippen LogP contribution is -2.43. The van der Waals surface area contributed by atoms with Gasteiger partial charge in [-0.2, -0.15) is 5.10 Å². The topological polar surface area (TPSA) is 54.3 Å². The highest BCUT2D eigenvalue weighted by atomic mass is 16.2. The molecule has 0 unspecified atom stereocenters. The molecule has 0 spiro atoms. The molecule has 6 nitrogen and oxygen atoms in total. The molecule has 0 aromatic carbocycles. The average molecular weight is 317 g/mol. The summed E-state index contributed by atoms with van der Waals surface area (Å²) < 4.78 is 1.87. The van der Waals surface area contributed by atoms with Gasteiger partial charge in [-0.25, -0.2) is 4.98 Å². The van der Waals surface area contributed by atoms with Crippen LogP contribution in [-0.2, 0) is 11.3 Å². The number of nitrogens with zero attached hydrogens (tertiary/aromatic N) is 5. The van der Waals surface area contributed by atoms with Crippen molar-refractivity contribution in [3.63, 3.8) is 0 Å². The van der Waals surface area contributed by atoms with Crippen molar-refractivity contribution < 1.29 is 4.79 Å². The number of amides is 1. The summed E-state index contributed by atoms with van der Waals surface area (Å²) in [5.41, 5.74) is 1.23. The van der Waals surface area contributed by atoms with E-state index in [1.165, 1.54) is 18.5 Å². The quantitative estimate of drug-likeness (QED) is 0.806. The first-order valence-electron chi connectivity index (χ1n) is 8.83. The van der Waals surface area contributed by atoms with Gasteiger partial charge < -0.3 is 4.90 Å². The van der Waals surface area contributed by atoms with Crippen LogP contribution in [0.5, 0.6) is 0 Å². The van der Waals surface area contributed by atoms with Crippen LogP contribution in [-0.4, -0.2) is 56.1 Å². The Morgan fingerprint density at radius 3 is 3.00 bits per heavy atom. The fourth-order valence-corrected chi connectivity index (χ4v) is 3.72. The van der Waals surface area contributed by atoms with E-state index in [0.29, 0.717) is 12.6 Å². The van der Waals surface area contributed by atoms with Gasteiger partial charge in [-0.3, -0.25) is 14.4 Å². The Hall–Kier alpha value is -1.69. The lowest BCUT2D eigenvalue weighted by atomic mass is 10.0. The highest BCUT2D eigenvalue weighted by Crippen LogP contribution is 2.23. The summed E-state index contributed by atoms with van der Waals surface area (Å²) in [6.07, 6.45) is 12.5. The maximum Gasteiger partial charge on any atom is 0.240 e. The van der Waals surface area contributed by atoms with Gasteiger partial charge in [0, 0.05) is 18.3 Å². The number of likely N-dealkylation sites (tertiary alicyclic amines) is 1. The molecule has 1 atom stereocenters. The molecule has 0 N–H and O–H groups in total. The Labute approximate surface area is 138 Å². The summed E-state index contributed by atoms with van der Waals surface area (Å²) >= 11 is 0. The predicted octanol–water partition coefficient (Wildman–Crippen LogP) is 2.05. The van der Waals surface area contributed by atoms with E-state index in [2.05, 4.69) is 28.0 Å². The van der Waals surface area contributed by atoms with E-state index < -0.39 is 0 Å². The molecule has 0 radical (unpaired) electrons. The maximum absolute atomic E-state index is 12.8. The zero-order valence-corrected chi connectivity index (χ0v) is 14.0. The number of carbonyl (C=O) groups is 1. The zero-order valence-electron chi connectivity index (χ0n) is 14.0. The van der Waals surface area contributed by atoms with Crippen LogP contribution in [0.15, 0.2) is 24.4 Å². The third-order valence-corrected chi connectivity index (χ3v) is 4.93. The molecule has 2 heterocycles. The van der Waals surface area contributed by atoms with E-state index in [1.807, 2.05) is 9.58 Å². The van der Waals surface area contributed by atoms with Crippen LogP contribution in [0.3, 0.4) is 0 Å². The third-order valence-electron chi connectivity index (χ3n) is 4.93. The van der Waals surface area contributed by atoms with Crippen molar-refractivity contribution in [1.82, 2.24) is 24.6 Å². The SMILES string of the molecule is CCN(C(=O)CN1CCC[C@H]1Cn1cncn1)C1=CCCCC1. The summed E-state index contributed by atoms with van der Waals surface area (Å²) in [6, 6.07) is 0.389. The van der Waals surface area contributed by atoms with Crippen molar-refractivity contribution in [3.8, 4) is 0 Å². The van der Waals surface area contributed by atoms with E-state index in [1.54, 1.807) is 12.7 Å². The van der Waals surface area contributed by atoms with Gasteiger partial charge in [-0.05, 0) is 52.0 Å². The third kappa shape index (κ3) is 3.99. The smallest absolute Gasteiger partial charge is 0.240 e. The first-order valence-corrected chi connectivity index (χ1v) is 8.83. The van der Waals surface area contributed by atoms with Crippen molar-refractivity contribution in [3.05, 3.63) is 24.4 Å². The second-order valence-corrected chi connectivity index (χ2v) is 6.46. The first-order chi connectivity index (χ1) is 11.3. The number of rotatable bonds is 6. The molecule has 1 saturated heterocycles. The molecular formula is C17H27N5O. The minimum absolute atomic E-state index is 0.242. The van der Waals surface area contributed by atoms with Crippen molar-refractivity contribution in [1.29, 1.82) is 0 Å². The molecule has 6 heteroatoms. The van der Waals surface area contributed by atoms with Crippen LogP contribution in [0.1, 0.15) is 45.4 Å². The van der Waals surface area contributed by atoms with Crippen molar-refractivity contribution in [2.75, 3.05) is 19.6 Å². The van der Waals surface area contributed by atoms with E-state index >= 15 is 0 Å². The van der Waals surface area contributed by atoms with Gasteiger partial charge in [0.25, 0.3) is 0 Å². The summed E-state index contributed by atoms with van der Waals surface area (Å²) in [5, 5.41) is 4.19. The number of carbonyl (C=O) groups excluding carboxylic acids is 1. The van der Waals surface area contributed by atoms with Gasteiger partial charge >= 0.3 is 0 Å². The van der Waals surface area contributed by atoms with Crippen LogP contribution in [0.2, 0.25) is 0 Å². The number of likely N-dealkylation sites (N-methyl/N-ethyl adjacent to an activating group) is 1. The van der Waals surface area contributed by atoms with E-state index in [-0.39, 0.29) is 5.91 Å². The van der Waals surface area contributed by atoms with Gasteiger partial charge in [0.1, 0.15) is 12.7 Å². The fraction of sp³-hybridized carbons (Fsp3) is 0.706. The molecule has 0 bridgehead atoms. The molecule has 1 amide bonds.